The van der Waals surface area contributed by atoms with E-state index < -0.39 is 15.9 Å². The minimum absolute atomic E-state index is 0.0464. The summed E-state index contributed by atoms with van der Waals surface area (Å²) in [7, 11) is -3.90. The number of hydrogen-bond acceptors (Lipinski definition) is 3. The van der Waals surface area contributed by atoms with Crippen molar-refractivity contribution >= 4 is 15.9 Å². The van der Waals surface area contributed by atoms with Gasteiger partial charge in [0.15, 0.2) is 0 Å². The Kier molecular flexibility index (Phi) is 3.99. The fourth-order valence-electron chi connectivity index (χ4n) is 2.24. The molecule has 0 bridgehead atoms. The Morgan fingerprint density at radius 3 is 2.13 bits per heavy atom. The Morgan fingerprint density at radius 2 is 1.48 bits per heavy atom. The van der Waals surface area contributed by atoms with Crippen molar-refractivity contribution in [3.05, 3.63) is 78.6 Å². The van der Waals surface area contributed by atoms with Crippen LogP contribution in [0.1, 0.15) is 10.4 Å². The molecule has 1 aromatic heterocycles. The summed E-state index contributed by atoms with van der Waals surface area (Å²) in [6.07, 6.45) is 3.15. The number of carbonyl (C=O) groups is 1. The Morgan fingerprint density at radius 1 is 0.870 bits per heavy atom. The summed E-state index contributed by atoms with van der Waals surface area (Å²) in [4.78, 5) is 15.3. The van der Waals surface area contributed by atoms with Crippen LogP contribution >= 0.6 is 0 Å². The standard InChI is InChI=1S/C17H14N2O3S/c20-17(19-23(21,22)14-9-5-2-6-10-14)16-12-18-11-15(16)13-7-3-1-4-8-13/h1-12,18H,(H,19,20). The molecule has 1 amide bonds. The number of rotatable bonds is 4. The third kappa shape index (κ3) is 3.17. The van der Waals surface area contributed by atoms with Crippen molar-refractivity contribution in [2.75, 3.05) is 0 Å². The maximum absolute atomic E-state index is 12.4. The van der Waals surface area contributed by atoms with E-state index in [1.165, 1.54) is 18.3 Å². The van der Waals surface area contributed by atoms with Crippen LogP contribution in [-0.4, -0.2) is 19.3 Å². The Hall–Kier alpha value is -2.86. The number of H-pyrrole nitrogens is 1. The number of sulfonamides is 1. The van der Waals surface area contributed by atoms with E-state index in [1.54, 1.807) is 24.4 Å². The molecule has 0 aliphatic heterocycles. The van der Waals surface area contributed by atoms with Crippen molar-refractivity contribution in [3.63, 3.8) is 0 Å². The molecule has 3 rings (SSSR count). The van der Waals surface area contributed by atoms with Crippen LogP contribution in [0.5, 0.6) is 0 Å². The molecular formula is C17H14N2O3S. The first-order valence-electron chi connectivity index (χ1n) is 6.92. The number of aromatic nitrogens is 1. The molecule has 0 aliphatic carbocycles. The van der Waals surface area contributed by atoms with E-state index in [1.807, 2.05) is 30.3 Å². The summed E-state index contributed by atoms with van der Waals surface area (Å²) >= 11 is 0. The largest absolute Gasteiger partial charge is 0.366 e. The van der Waals surface area contributed by atoms with Crippen molar-refractivity contribution in [2.24, 2.45) is 0 Å². The number of aromatic amines is 1. The van der Waals surface area contributed by atoms with Gasteiger partial charge >= 0.3 is 0 Å². The Labute approximate surface area is 134 Å². The van der Waals surface area contributed by atoms with Gasteiger partial charge in [-0.3, -0.25) is 4.79 Å². The summed E-state index contributed by atoms with van der Waals surface area (Å²) in [5.41, 5.74) is 1.75. The van der Waals surface area contributed by atoms with E-state index in [0.29, 0.717) is 5.56 Å². The minimum atomic E-state index is -3.90. The molecule has 0 aliphatic rings. The van der Waals surface area contributed by atoms with Gasteiger partial charge in [-0.05, 0) is 17.7 Å². The van der Waals surface area contributed by atoms with Gasteiger partial charge in [-0.1, -0.05) is 48.5 Å². The van der Waals surface area contributed by atoms with Crippen molar-refractivity contribution in [1.82, 2.24) is 9.71 Å². The number of benzene rings is 2. The van der Waals surface area contributed by atoms with Crippen LogP contribution in [0.15, 0.2) is 78.0 Å². The lowest BCUT2D eigenvalue weighted by Crippen LogP contribution is -2.30. The van der Waals surface area contributed by atoms with Gasteiger partial charge in [0.1, 0.15) is 0 Å². The topological polar surface area (TPSA) is 79.0 Å². The SMILES string of the molecule is O=C(NS(=O)(=O)c1ccccc1)c1c[nH]cc1-c1ccccc1. The first-order chi connectivity index (χ1) is 11.1. The molecule has 0 atom stereocenters. The molecule has 3 aromatic rings. The van der Waals surface area contributed by atoms with E-state index >= 15 is 0 Å². The van der Waals surface area contributed by atoms with Gasteiger partial charge in [-0.15, -0.1) is 0 Å². The van der Waals surface area contributed by atoms with E-state index in [-0.39, 0.29) is 10.5 Å². The smallest absolute Gasteiger partial charge is 0.267 e. The molecule has 0 saturated carbocycles. The first-order valence-corrected chi connectivity index (χ1v) is 8.40. The molecule has 0 saturated heterocycles. The zero-order chi connectivity index (χ0) is 16.3. The highest BCUT2D eigenvalue weighted by molar-refractivity contribution is 7.90. The maximum atomic E-state index is 12.4. The van der Waals surface area contributed by atoms with Crippen LogP contribution < -0.4 is 4.72 Å². The van der Waals surface area contributed by atoms with Crippen LogP contribution in [0.4, 0.5) is 0 Å². The van der Waals surface area contributed by atoms with Gasteiger partial charge in [-0.2, -0.15) is 0 Å². The average Bonchev–Trinajstić information content (AvgIpc) is 3.06. The molecule has 23 heavy (non-hydrogen) atoms. The van der Waals surface area contributed by atoms with E-state index in [2.05, 4.69) is 9.71 Å². The molecular weight excluding hydrogens is 312 g/mol. The molecule has 116 valence electrons. The van der Waals surface area contributed by atoms with Gasteiger partial charge in [0.05, 0.1) is 10.5 Å². The minimum Gasteiger partial charge on any atom is -0.366 e. The van der Waals surface area contributed by atoms with E-state index in [4.69, 9.17) is 0 Å². The fourth-order valence-corrected chi connectivity index (χ4v) is 3.23. The third-order valence-electron chi connectivity index (χ3n) is 3.36. The summed E-state index contributed by atoms with van der Waals surface area (Å²) in [6, 6.07) is 17.1. The van der Waals surface area contributed by atoms with Crippen LogP contribution in [0, 0.1) is 0 Å². The molecule has 0 unspecified atom stereocenters. The predicted octanol–water partition coefficient (Wildman–Crippen LogP) is 2.80. The van der Waals surface area contributed by atoms with Gasteiger partial charge in [0.25, 0.3) is 15.9 Å². The van der Waals surface area contributed by atoms with E-state index in [0.717, 1.165) is 5.56 Å². The highest BCUT2D eigenvalue weighted by atomic mass is 32.2. The molecule has 0 spiro atoms. The van der Waals surface area contributed by atoms with Crippen LogP contribution in [0.25, 0.3) is 11.1 Å². The quantitative estimate of drug-likeness (QED) is 0.774. The average molecular weight is 326 g/mol. The molecule has 2 N–H and O–H groups in total. The second-order valence-corrected chi connectivity index (χ2v) is 6.58. The first kappa shape index (κ1) is 15.1. The van der Waals surface area contributed by atoms with Gasteiger partial charge in [0.2, 0.25) is 0 Å². The van der Waals surface area contributed by atoms with Gasteiger partial charge in [-0.25, -0.2) is 13.1 Å². The van der Waals surface area contributed by atoms with Gasteiger partial charge < -0.3 is 4.98 Å². The third-order valence-corrected chi connectivity index (χ3v) is 4.70. The number of nitrogens with one attached hydrogen (secondary N) is 2. The van der Waals surface area contributed by atoms with Crippen LogP contribution in [-0.2, 0) is 10.0 Å². The van der Waals surface area contributed by atoms with Crippen molar-refractivity contribution < 1.29 is 13.2 Å². The maximum Gasteiger partial charge on any atom is 0.267 e. The number of hydrogen-bond donors (Lipinski definition) is 2. The lowest BCUT2D eigenvalue weighted by atomic mass is 10.0. The van der Waals surface area contributed by atoms with Crippen LogP contribution in [0.2, 0.25) is 0 Å². The summed E-state index contributed by atoms with van der Waals surface area (Å²) in [5.74, 6) is -0.672. The molecule has 6 heteroatoms. The second-order valence-electron chi connectivity index (χ2n) is 4.90. The van der Waals surface area contributed by atoms with Crippen molar-refractivity contribution in [1.29, 1.82) is 0 Å². The number of carbonyl (C=O) groups excluding carboxylic acids is 1. The van der Waals surface area contributed by atoms with Crippen molar-refractivity contribution in [2.45, 2.75) is 4.90 Å². The van der Waals surface area contributed by atoms with Crippen LogP contribution in [0.3, 0.4) is 0 Å². The highest BCUT2D eigenvalue weighted by Crippen LogP contribution is 2.23. The molecule has 1 heterocycles. The normalized spacial score (nSPS) is 11.1. The molecule has 5 nitrogen and oxygen atoms in total. The second kappa shape index (κ2) is 6.10. The van der Waals surface area contributed by atoms with Gasteiger partial charge in [0, 0.05) is 18.0 Å². The summed E-state index contributed by atoms with van der Waals surface area (Å²) in [5, 5.41) is 0. The zero-order valence-electron chi connectivity index (χ0n) is 12.1. The summed E-state index contributed by atoms with van der Waals surface area (Å²) < 4.78 is 26.6. The Bertz CT molecular complexity index is 917. The zero-order valence-corrected chi connectivity index (χ0v) is 12.9. The predicted molar refractivity (Wildman–Crippen MR) is 87.3 cm³/mol. The molecule has 2 aromatic carbocycles. The lowest BCUT2D eigenvalue weighted by Gasteiger charge is -2.07. The summed E-state index contributed by atoms with van der Waals surface area (Å²) in [6.45, 7) is 0. The highest BCUT2D eigenvalue weighted by Gasteiger charge is 2.21. The van der Waals surface area contributed by atoms with Crippen molar-refractivity contribution in [3.8, 4) is 11.1 Å². The monoisotopic (exact) mass is 326 g/mol. The molecule has 0 fully saturated rings. The fraction of sp³-hybridized carbons (Fsp3) is 0. The lowest BCUT2D eigenvalue weighted by molar-refractivity contribution is 0.0982. The number of amides is 1. The molecule has 0 radical (unpaired) electrons. The Balaban J connectivity index is 1.90. The van der Waals surface area contributed by atoms with E-state index in [9.17, 15) is 13.2 Å².